The van der Waals surface area contributed by atoms with Gasteiger partial charge in [0.2, 0.25) is 6.10 Å². The van der Waals surface area contributed by atoms with Gasteiger partial charge in [0.05, 0.1) is 30.6 Å². The Morgan fingerprint density at radius 1 is 1.10 bits per heavy atom. The summed E-state index contributed by atoms with van der Waals surface area (Å²) in [6.07, 6.45) is 0.143. The van der Waals surface area contributed by atoms with Gasteiger partial charge in [0, 0.05) is 54.5 Å². The average molecular weight is 866 g/mol. The van der Waals surface area contributed by atoms with Crippen LogP contribution >= 0.6 is 34.7 Å². The third kappa shape index (κ3) is 8.06. The monoisotopic (exact) mass is 865 g/mol. The van der Waals surface area contributed by atoms with E-state index in [1.54, 1.807) is 0 Å². The third-order valence-electron chi connectivity index (χ3n) is 10.9. The number of aliphatic carboxylic acids is 3. The number of oxime groups is 2. The van der Waals surface area contributed by atoms with E-state index in [9.17, 15) is 54.4 Å². The SMILES string of the molecule is C[N+]1(CC2=C(C(=O)O)N3C(=O)[C@@H](NC(=O)/C(=N\O[C@@H](CC(=O)O)C(=O)O)c4csc(N)n4)[C@H]3SC2)[C@@H]2CC[C@H]1CC(CNC(=O)/C(=N\O)c1ccc(O)c(O)c1Cl)C2. The number of piperidine rings is 1. The minimum Gasteiger partial charge on any atom is -0.504 e. The summed E-state index contributed by atoms with van der Waals surface area (Å²) >= 11 is 8.26. The largest absolute Gasteiger partial charge is 0.504 e. The quantitative estimate of drug-likeness (QED) is 0.0295. The lowest BCUT2D eigenvalue weighted by atomic mass is 9.87. The number of nitrogens with two attached hydrogens (primary N) is 1. The highest BCUT2D eigenvalue weighted by Gasteiger charge is 2.57. The van der Waals surface area contributed by atoms with Gasteiger partial charge in [-0.25, -0.2) is 14.6 Å². The molecule has 7 atom stereocenters. The molecular weight excluding hydrogens is 828 g/mol. The first-order valence-electron chi connectivity index (χ1n) is 17.6. The van der Waals surface area contributed by atoms with E-state index < -0.39 is 82.5 Å². The van der Waals surface area contributed by atoms with Gasteiger partial charge < -0.3 is 56.4 Å². The number of carboxylic acid groups (broad SMARTS) is 3. The van der Waals surface area contributed by atoms with Crippen molar-refractivity contribution in [2.45, 2.75) is 61.7 Å². The number of rotatable bonds is 15. The Morgan fingerprint density at radius 3 is 2.38 bits per heavy atom. The van der Waals surface area contributed by atoms with Crippen molar-refractivity contribution in [3.8, 4) is 11.5 Å². The number of likely N-dealkylation sites (N-methyl/N-ethyl adjacent to an activating group) is 1. The molecule has 3 saturated heterocycles. The van der Waals surface area contributed by atoms with Crippen molar-refractivity contribution in [3.05, 3.63) is 45.1 Å². The van der Waals surface area contributed by atoms with Gasteiger partial charge >= 0.3 is 17.9 Å². The van der Waals surface area contributed by atoms with E-state index in [0.717, 1.165) is 35.1 Å². The molecule has 2 bridgehead atoms. The molecule has 0 aliphatic carbocycles. The fourth-order valence-corrected chi connectivity index (χ4v) is 10.2. The second kappa shape index (κ2) is 16.7. The highest BCUT2D eigenvalue weighted by molar-refractivity contribution is 8.00. The fourth-order valence-electron chi connectivity index (χ4n) is 8.03. The van der Waals surface area contributed by atoms with Gasteiger partial charge in [0.15, 0.2) is 28.1 Å². The molecule has 4 aliphatic heterocycles. The Labute approximate surface area is 341 Å². The maximum atomic E-state index is 13.6. The lowest BCUT2D eigenvalue weighted by Crippen LogP contribution is -2.71. The van der Waals surface area contributed by atoms with Crippen LogP contribution < -0.4 is 16.4 Å². The molecule has 3 amide bonds. The lowest BCUT2D eigenvalue weighted by molar-refractivity contribution is -0.945. The summed E-state index contributed by atoms with van der Waals surface area (Å²) in [4.78, 5) is 85.5. The number of carbonyl (C=O) groups is 6. The van der Waals surface area contributed by atoms with Gasteiger partial charge in [0.25, 0.3) is 17.7 Å². The molecule has 10 N–H and O–H groups in total. The van der Waals surface area contributed by atoms with Gasteiger partial charge in [-0.15, -0.1) is 23.1 Å². The van der Waals surface area contributed by atoms with Gasteiger partial charge in [-0.3, -0.25) is 24.1 Å². The number of hydrogen-bond donors (Lipinski definition) is 9. The molecule has 4 aliphatic rings. The molecule has 58 heavy (non-hydrogen) atoms. The van der Waals surface area contributed by atoms with Crippen molar-refractivity contribution < 1.29 is 68.8 Å². The second-order valence-electron chi connectivity index (χ2n) is 14.3. The molecule has 310 valence electrons. The van der Waals surface area contributed by atoms with Crippen LogP contribution in [-0.4, -0.2) is 148 Å². The number of thiazole rings is 1. The average Bonchev–Trinajstić information content (AvgIpc) is 3.63. The number of anilines is 1. The van der Waals surface area contributed by atoms with Crippen LogP contribution in [0.4, 0.5) is 5.13 Å². The van der Waals surface area contributed by atoms with E-state index in [1.807, 2.05) is 0 Å². The number of nitrogen functional groups attached to an aromatic ring is 1. The standard InChI is InChI=1S/C34H37ClN8O13S2/c1-43(15-2-3-16(43)7-13(6-15)9-37-28(48)23(40-55)17-4-5-19(44)27(47)22(17)35)10-14-11-57-31-25(30(50)42(31)26(14)33(53)54)39-29(49)24(18-12-58-34(36)38-18)41-56-20(32(51)52)8-21(45)46/h4-5,12-13,15-16,20,25,31H,2-3,6-11H2,1H3,(H9-,36,37,38,39,40,41,44,45,46,47,48,49,51,52,53,54,55)/p+1/t13?,15-,16+,20-,25+,31+,43?/m0/s1. The zero-order chi connectivity index (χ0) is 42.2. The number of hydrogen-bond acceptors (Lipinski definition) is 16. The molecule has 0 saturated carbocycles. The smallest absolute Gasteiger partial charge is 0.352 e. The number of carbonyl (C=O) groups excluding carboxylic acids is 3. The molecule has 1 aromatic carbocycles. The first-order valence-corrected chi connectivity index (χ1v) is 19.9. The Morgan fingerprint density at radius 2 is 1.79 bits per heavy atom. The summed E-state index contributed by atoms with van der Waals surface area (Å²) in [5.41, 5.74) is 4.84. The molecule has 3 fully saturated rings. The number of carboxylic acids is 3. The number of quaternary nitrogens is 1. The molecule has 1 aromatic heterocycles. The number of phenolic OH excluding ortho intramolecular Hbond substituents is 2. The van der Waals surface area contributed by atoms with Crippen LogP contribution in [-0.2, 0) is 33.6 Å². The lowest BCUT2D eigenvalue weighted by Gasteiger charge is -2.52. The highest BCUT2D eigenvalue weighted by atomic mass is 35.5. The van der Waals surface area contributed by atoms with Crippen molar-refractivity contribution in [1.82, 2.24) is 20.5 Å². The minimum atomic E-state index is -1.95. The first kappa shape index (κ1) is 42.0. The predicted molar refractivity (Wildman–Crippen MR) is 204 cm³/mol. The molecule has 6 rings (SSSR count). The van der Waals surface area contributed by atoms with Crippen molar-refractivity contribution in [2.24, 2.45) is 16.2 Å². The zero-order valence-corrected chi connectivity index (χ0v) is 32.8. The molecule has 0 spiro atoms. The molecule has 2 unspecified atom stereocenters. The number of fused-ring (bicyclic) bond motifs is 3. The Hall–Kier alpha value is -5.65. The van der Waals surface area contributed by atoms with E-state index in [1.165, 1.54) is 23.2 Å². The number of aromatic nitrogens is 1. The first-order chi connectivity index (χ1) is 27.4. The van der Waals surface area contributed by atoms with Crippen molar-refractivity contribution in [3.63, 3.8) is 0 Å². The highest BCUT2D eigenvalue weighted by Crippen LogP contribution is 2.47. The number of benzene rings is 1. The molecule has 21 nitrogen and oxygen atoms in total. The van der Waals surface area contributed by atoms with Crippen LogP contribution in [0.1, 0.15) is 43.4 Å². The van der Waals surface area contributed by atoms with Gasteiger partial charge in [-0.2, -0.15) is 0 Å². The van der Waals surface area contributed by atoms with Gasteiger partial charge in [-0.05, 0) is 18.1 Å². The maximum absolute atomic E-state index is 13.6. The summed E-state index contributed by atoms with van der Waals surface area (Å²) in [5.74, 6) is -7.84. The predicted octanol–water partition coefficient (Wildman–Crippen LogP) is 0.559. The van der Waals surface area contributed by atoms with Crippen molar-refractivity contribution in [2.75, 3.05) is 31.6 Å². The number of aromatic hydroxyl groups is 2. The molecule has 0 radical (unpaired) electrons. The second-order valence-corrected chi connectivity index (χ2v) is 16.7. The minimum absolute atomic E-state index is 0.0241. The van der Waals surface area contributed by atoms with E-state index in [2.05, 4.69) is 33.0 Å². The number of nitrogens with zero attached hydrogens (tertiary/aromatic N) is 5. The molecule has 2 aromatic rings. The van der Waals surface area contributed by atoms with Crippen LogP contribution in [0.3, 0.4) is 0 Å². The Kier molecular flexibility index (Phi) is 12.1. The van der Waals surface area contributed by atoms with Gasteiger partial charge in [-0.1, -0.05) is 21.9 Å². The summed E-state index contributed by atoms with van der Waals surface area (Å²) in [6.45, 7) is 0.570. The number of phenols is 2. The molecule has 5 heterocycles. The Balaban J connectivity index is 1.12. The van der Waals surface area contributed by atoms with E-state index in [4.69, 9.17) is 27.3 Å². The number of β-lactam (4-membered cyclic amide) rings is 1. The zero-order valence-electron chi connectivity index (χ0n) is 30.4. The summed E-state index contributed by atoms with van der Waals surface area (Å²) < 4.78 is 0.519. The van der Waals surface area contributed by atoms with Gasteiger partial charge in [0.1, 0.15) is 29.4 Å². The van der Waals surface area contributed by atoms with Crippen molar-refractivity contribution in [1.29, 1.82) is 0 Å². The molecule has 24 heteroatoms. The van der Waals surface area contributed by atoms with E-state index >= 15 is 0 Å². The third-order valence-corrected chi connectivity index (χ3v) is 13.3. The summed E-state index contributed by atoms with van der Waals surface area (Å²) in [5, 5.41) is 70.1. The summed E-state index contributed by atoms with van der Waals surface area (Å²) in [6, 6.07) is 1.33. The number of halogens is 1. The maximum Gasteiger partial charge on any atom is 0.352 e. The van der Waals surface area contributed by atoms with Crippen LogP contribution in [0.2, 0.25) is 5.02 Å². The number of amides is 3. The topological polar surface area (TPSA) is 324 Å². The van der Waals surface area contributed by atoms with E-state index in [-0.39, 0.29) is 57.4 Å². The van der Waals surface area contributed by atoms with Crippen LogP contribution in [0, 0.1) is 5.92 Å². The van der Waals surface area contributed by atoms with Crippen LogP contribution in [0.5, 0.6) is 11.5 Å². The Bertz CT molecular complexity index is 2150. The van der Waals surface area contributed by atoms with E-state index in [0.29, 0.717) is 29.4 Å². The normalized spacial score (nSPS) is 26.0. The molecular formula is C34H38ClN8O13S2+. The fraction of sp³-hybridized carbons (Fsp3) is 0.441. The van der Waals surface area contributed by atoms with Crippen LogP contribution in [0.15, 0.2) is 39.1 Å². The van der Waals surface area contributed by atoms with Crippen molar-refractivity contribution >= 4 is 86.9 Å². The number of thioether (sulfide) groups is 1. The van der Waals surface area contributed by atoms with Crippen LogP contribution in [0.25, 0.3) is 0 Å². The number of nitrogens with one attached hydrogen (secondary N) is 2. The summed E-state index contributed by atoms with van der Waals surface area (Å²) in [7, 11) is 2.05.